The van der Waals surface area contributed by atoms with Crippen LogP contribution in [0.3, 0.4) is 0 Å². The minimum atomic E-state index is -3.69. The molecular weight excluding hydrogens is 464 g/mol. The summed E-state index contributed by atoms with van der Waals surface area (Å²) < 4.78 is 33.7. The molecular formula is C27H28N2O5S. The third kappa shape index (κ3) is 6.95. The van der Waals surface area contributed by atoms with Crippen molar-refractivity contribution in [1.82, 2.24) is 5.32 Å². The lowest BCUT2D eigenvalue weighted by Gasteiger charge is -2.13. The maximum absolute atomic E-state index is 12.8. The van der Waals surface area contributed by atoms with Gasteiger partial charge in [0, 0.05) is 12.2 Å². The molecule has 4 rings (SSSR count). The molecule has 0 aliphatic rings. The summed E-state index contributed by atoms with van der Waals surface area (Å²) in [5.74, 6) is 0.744. The van der Waals surface area contributed by atoms with Crippen molar-refractivity contribution in [1.29, 1.82) is 0 Å². The zero-order valence-electron chi connectivity index (χ0n) is 19.1. The monoisotopic (exact) mass is 492 g/mol. The van der Waals surface area contributed by atoms with E-state index in [0.717, 1.165) is 22.8 Å². The summed E-state index contributed by atoms with van der Waals surface area (Å²) >= 11 is 0. The van der Waals surface area contributed by atoms with Gasteiger partial charge in [-0.05, 0) is 77.8 Å². The van der Waals surface area contributed by atoms with Gasteiger partial charge in [0.25, 0.3) is 10.0 Å². The van der Waals surface area contributed by atoms with Gasteiger partial charge >= 0.3 is 0 Å². The highest BCUT2D eigenvalue weighted by molar-refractivity contribution is 7.92. The van der Waals surface area contributed by atoms with Crippen LogP contribution in [-0.2, 0) is 16.4 Å². The number of phenols is 1. The maximum atomic E-state index is 12.8. The molecule has 8 heteroatoms. The Morgan fingerprint density at radius 2 is 1.57 bits per heavy atom. The van der Waals surface area contributed by atoms with Crippen molar-refractivity contribution in [2.75, 3.05) is 24.4 Å². The smallest absolute Gasteiger partial charge is 0.261 e. The van der Waals surface area contributed by atoms with E-state index in [-0.39, 0.29) is 17.3 Å². The average Bonchev–Trinajstić information content (AvgIpc) is 2.87. The fourth-order valence-electron chi connectivity index (χ4n) is 3.58. The largest absolute Gasteiger partial charge is 0.508 e. The van der Waals surface area contributed by atoms with Crippen LogP contribution in [0.25, 0.3) is 10.8 Å². The minimum absolute atomic E-state index is 0.143. The Bertz CT molecular complexity index is 1360. The van der Waals surface area contributed by atoms with Crippen molar-refractivity contribution in [3.8, 4) is 11.5 Å². The van der Waals surface area contributed by atoms with Crippen molar-refractivity contribution >= 4 is 26.5 Å². The second-order valence-corrected chi connectivity index (χ2v) is 9.91. The normalized spacial score (nSPS) is 12.4. The molecule has 0 saturated carbocycles. The molecule has 7 nitrogen and oxygen atoms in total. The molecule has 0 fully saturated rings. The highest BCUT2D eigenvalue weighted by atomic mass is 32.2. The molecule has 4 N–H and O–H groups in total. The number of ether oxygens (including phenoxy) is 1. The van der Waals surface area contributed by atoms with Gasteiger partial charge in [0.05, 0.1) is 4.90 Å². The summed E-state index contributed by atoms with van der Waals surface area (Å²) in [5, 5.41) is 24.4. The van der Waals surface area contributed by atoms with Crippen molar-refractivity contribution in [2.24, 2.45) is 0 Å². The van der Waals surface area contributed by atoms with Gasteiger partial charge in [0.1, 0.15) is 24.2 Å². The molecule has 1 atom stereocenters. The van der Waals surface area contributed by atoms with Gasteiger partial charge in [-0.2, -0.15) is 0 Å². The molecule has 0 heterocycles. The van der Waals surface area contributed by atoms with Crippen LogP contribution >= 0.6 is 0 Å². The standard InChI is InChI=1S/C27H28N2O5S/c30-24-10-12-26(13-11-24)34-19-25(31)18-28-16-15-20-5-8-23(9-6-20)29-35(32,33)27-14-7-21-3-1-2-4-22(21)17-27/h1-14,17,25,28-31H,15-16,18-19H2/t25-/m0/s1. The molecule has 4 aromatic rings. The molecule has 0 bridgehead atoms. The van der Waals surface area contributed by atoms with Crippen LogP contribution < -0.4 is 14.8 Å². The number of aromatic hydroxyl groups is 1. The van der Waals surface area contributed by atoms with E-state index in [0.29, 0.717) is 24.5 Å². The topological polar surface area (TPSA) is 108 Å². The summed E-state index contributed by atoms with van der Waals surface area (Å²) in [6.45, 7) is 1.17. The van der Waals surface area contributed by atoms with Crippen LogP contribution in [0.5, 0.6) is 11.5 Å². The van der Waals surface area contributed by atoms with E-state index in [4.69, 9.17) is 4.74 Å². The lowest BCUT2D eigenvalue weighted by atomic mass is 10.1. The molecule has 182 valence electrons. The van der Waals surface area contributed by atoms with E-state index in [1.807, 2.05) is 36.4 Å². The highest BCUT2D eigenvalue weighted by Gasteiger charge is 2.14. The number of benzene rings is 4. The Morgan fingerprint density at radius 3 is 2.31 bits per heavy atom. The number of aliphatic hydroxyl groups excluding tert-OH is 1. The molecule has 4 aromatic carbocycles. The summed E-state index contributed by atoms with van der Waals surface area (Å²) in [4.78, 5) is 0.220. The SMILES string of the molecule is O=S(=O)(Nc1ccc(CCNC[C@H](O)COc2ccc(O)cc2)cc1)c1ccc2ccccc2c1. The van der Waals surface area contributed by atoms with Crippen LogP contribution in [0.2, 0.25) is 0 Å². The third-order valence-corrected chi connectivity index (χ3v) is 6.87. The van der Waals surface area contributed by atoms with Crippen LogP contribution in [0.1, 0.15) is 5.56 Å². The van der Waals surface area contributed by atoms with Crippen molar-refractivity contribution < 1.29 is 23.4 Å². The van der Waals surface area contributed by atoms with Crippen LogP contribution in [0.15, 0.2) is 95.9 Å². The molecule has 0 aromatic heterocycles. The first-order valence-corrected chi connectivity index (χ1v) is 12.8. The summed E-state index contributed by atoms with van der Waals surface area (Å²) in [6, 6.07) is 26.3. The number of anilines is 1. The van der Waals surface area contributed by atoms with Crippen molar-refractivity contribution in [2.45, 2.75) is 17.4 Å². The van der Waals surface area contributed by atoms with Gasteiger partial charge in [0.2, 0.25) is 0 Å². The molecule has 0 spiro atoms. The molecule has 0 radical (unpaired) electrons. The lowest BCUT2D eigenvalue weighted by molar-refractivity contribution is 0.106. The van der Waals surface area contributed by atoms with Crippen LogP contribution in [-0.4, -0.2) is 44.4 Å². The minimum Gasteiger partial charge on any atom is -0.508 e. The number of phenolic OH excluding ortho intramolecular Hbond substituents is 1. The fourth-order valence-corrected chi connectivity index (χ4v) is 4.68. The van der Waals surface area contributed by atoms with Gasteiger partial charge in [-0.25, -0.2) is 8.42 Å². The second-order valence-electron chi connectivity index (χ2n) is 8.22. The van der Waals surface area contributed by atoms with E-state index in [9.17, 15) is 18.6 Å². The Morgan fingerprint density at radius 1 is 0.857 bits per heavy atom. The average molecular weight is 493 g/mol. The molecule has 0 unspecified atom stereocenters. The van der Waals surface area contributed by atoms with Gasteiger partial charge in [-0.1, -0.05) is 42.5 Å². The van der Waals surface area contributed by atoms with E-state index < -0.39 is 16.1 Å². The number of nitrogens with one attached hydrogen (secondary N) is 2. The number of sulfonamides is 1. The molecule has 0 amide bonds. The fraction of sp³-hybridized carbons (Fsp3) is 0.185. The number of hydrogen-bond acceptors (Lipinski definition) is 6. The molecule has 35 heavy (non-hydrogen) atoms. The Hall–Kier alpha value is -3.59. The third-order valence-electron chi connectivity index (χ3n) is 5.49. The van der Waals surface area contributed by atoms with E-state index in [2.05, 4.69) is 10.0 Å². The Balaban J connectivity index is 1.22. The van der Waals surface area contributed by atoms with E-state index >= 15 is 0 Å². The van der Waals surface area contributed by atoms with Gasteiger partial charge in [-0.3, -0.25) is 4.72 Å². The second kappa shape index (κ2) is 11.2. The van der Waals surface area contributed by atoms with Gasteiger partial charge in [0.15, 0.2) is 0 Å². The number of aliphatic hydroxyl groups is 1. The molecule has 0 aliphatic heterocycles. The van der Waals surface area contributed by atoms with E-state index in [1.165, 1.54) is 12.1 Å². The zero-order valence-corrected chi connectivity index (χ0v) is 19.9. The maximum Gasteiger partial charge on any atom is 0.261 e. The number of fused-ring (bicyclic) bond motifs is 1. The summed E-state index contributed by atoms with van der Waals surface area (Å²) in [5.41, 5.74) is 1.54. The predicted molar refractivity (Wildman–Crippen MR) is 137 cm³/mol. The van der Waals surface area contributed by atoms with Crippen molar-refractivity contribution in [3.05, 3.63) is 96.6 Å². The molecule has 0 aliphatic carbocycles. The summed E-state index contributed by atoms with van der Waals surface area (Å²) in [7, 11) is -3.69. The first kappa shape index (κ1) is 24.5. The Kier molecular flexibility index (Phi) is 7.87. The number of rotatable bonds is 11. The van der Waals surface area contributed by atoms with E-state index in [1.54, 1.807) is 42.5 Å². The summed E-state index contributed by atoms with van der Waals surface area (Å²) in [6.07, 6.45) is 0.0548. The van der Waals surface area contributed by atoms with Gasteiger partial charge in [-0.15, -0.1) is 0 Å². The van der Waals surface area contributed by atoms with Crippen LogP contribution in [0.4, 0.5) is 5.69 Å². The van der Waals surface area contributed by atoms with Crippen LogP contribution in [0, 0.1) is 0 Å². The first-order chi connectivity index (χ1) is 16.9. The quantitative estimate of drug-likeness (QED) is 0.237. The van der Waals surface area contributed by atoms with Crippen molar-refractivity contribution in [3.63, 3.8) is 0 Å². The lowest BCUT2D eigenvalue weighted by Crippen LogP contribution is -2.32. The first-order valence-electron chi connectivity index (χ1n) is 11.3. The Labute approximate surface area is 205 Å². The predicted octanol–water partition coefficient (Wildman–Crippen LogP) is 3.92. The van der Waals surface area contributed by atoms with Gasteiger partial charge < -0.3 is 20.3 Å². The molecule has 0 saturated heterocycles. The highest BCUT2D eigenvalue weighted by Crippen LogP contribution is 2.22. The zero-order chi connectivity index (χ0) is 24.7. The number of hydrogen-bond donors (Lipinski definition) is 4.